The summed E-state index contributed by atoms with van der Waals surface area (Å²) in [5.41, 5.74) is 6.57. The lowest BCUT2D eigenvalue weighted by Gasteiger charge is -2.24. The van der Waals surface area contributed by atoms with Crippen LogP contribution >= 0.6 is 0 Å². The van der Waals surface area contributed by atoms with Gasteiger partial charge in [-0.15, -0.1) is 0 Å². The first-order chi connectivity index (χ1) is 17.0. The van der Waals surface area contributed by atoms with E-state index in [4.69, 9.17) is 24.3 Å². The standard InChI is InChI=1S/C26H29N7O2/c1-6-33-12-20(24(31-33)16-8-7-9-16)30-26-23-17-11-21(34-5)18(22-13(2)32-35-14(22)3)10-19(17)29-25(23)27-15(4)28-26/h10-12,16H,6-9H2,1-5H3,(H2,27,28,29,30). The Morgan fingerprint density at radius 2 is 2.03 bits per heavy atom. The topological polar surface area (TPSA) is 107 Å². The lowest BCUT2D eigenvalue weighted by Crippen LogP contribution is -2.12. The second-order valence-corrected chi connectivity index (χ2v) is 9.30. The van der Waals surface area contributed by atoms with Gasteiger partial charge in [0.1, 0.15) is 28.8 Å². The predicted molar refractivity (Wildman–Crippen MR) is 135 cm³/mol. The number of anilines is 2. The average molecular weight is 472 g/mol. The lowest BCUT2D eigenvalue weighted by atomic mass is 9.82. The third-order valence-electron chi connectivity index (χ3n) is 7.04. The number of hydrogen-bond acceptors (Lipinski definition) is 7. The number of methoxy groups -OCH3 is 1. The van der Waals surface area contributed by atoms with Crippen molar-refractivity contribution in [2.24, 2.45) is 0 Å². The van der Waals surface area contributed by atoms with Crippen LogP contribution in [0.2, 0.25) is 0 Å². The normalized spacial score (nSPS) is 14.1. The van der Waals surface area contributed by atoms with E-state index < -0.39 is 0 Å². The van der Waals surface area contributed by atoms with Crippen molar-refractivity contribution in [2.75, 3.05) is 12.4 Å². The number of aromatic amines is 1. The molecule has 0 radical (unpaired) electrons. The Morgan fingerprint density at radius 3 is 2.69 bits per heavy atom. The number of rotatable bonds is 6. The van der Waals surface area contributed by atoms with Crippen molar-refractivity contribution < 1.29 is 9.26 Å². The van der Waals surface area contributed by atoms with E-state index in [1.165, 1.54) is 19.3 Å². The first-order valence-corrected chi connectivity index (χ1v) is 12.1. The van der Waals surface area contributed by atoms with Crippen molar-refractivity contribution in [2.45, 2.75) is 59.4 Å². The number of H-pyrrole nitrogens is 1. The second-order valence-electron chi connectivity index (χ2n) is 9.30. The molecule has 0 saturated heterocycles. The van der Waals surface area contributed by atoms with Gasteiger partial charge in [-0.25, -0.2) is 9.97 Å². The molecule has 1 aliphatic carbocycles. The molecule has 0 spiro atoms. The number of benzene rings is 1. The maximum atomic E-state index is 5.82. The lowest BCUT2D eigenvalue weighted by molar-refractivity contribution is 0.393. The molecule has 0 aliphatic heterocycles. The van der Waals surface area contributed by atoms with E-state index in [1.54, 1.807) is 7.11 Å². The van der Waals surface area contributed by atoms with E-state index in [0.29, 0.717) is 11.7 Å². The van der Waals surface area contributed by atoms with Gasteiger partial charge in [0.15, 0.2) is 0 Å². The van der Waals surface area contributed by atoms with E-state index in [1.807, 2.05) is 31.5 Å². The summed E-state index contributed by atoms with van der Waals surface area (Å²) >= 11 is 0. The third-order valence-corrected chi connectivity index (χ3v) is 7.04. The molecule has 0 atom stereocenters. The number of ether oxygens (including phenoxy) is 1. The van der Waals surface area contributed by atoms with Gasteiger partial charge < -0.3 is 19.6 Å². The van der Waals surface area contributed by atoms with Crippen LogP contribution in [-0.4, -0.2) is 37.0 Å². The number of fused-ring (bicyclic) bond motifs is 3. The Kier molecular flexibility index (Phi) is 5.01. The molecule has 35 heavy (non-hydrogen) atoms. The van der Waals surface area contributed by atoms with Crippen LogP contribution in [0, 0.1) is 20.8 Å². The Bertz CT molecular complexity index is 1550. The molecule has 1 saturated carbocycles. The minimum atomic E-state index is 0.504. The number of nitrogens with one attached hydrogen (secondary N) is 2. The van der Waals surface area contributed by atoms with Crippen LogP contribution in [0.25, 0.3) is 33.1 Å². The second kappa shape index (κ2) is 8.11. The Balaban J connectivity index is 1.54. The monoisotopic (exact) mass is 471 g/mol. The fourth-order valence-electron chi connectivity index (χ4n) is 5.06. The van der Waals surface area contributed by atoms with Gasteiger partial charge in [-0.1, -0.05) is 11.6 Å². The minimum Gasteiger partial charge on any atom is -0.496 e. The van der Waals surface area contributed by atoms with Gasteiger partial charge in [0.25, 0.3) is 0 Å². The van der Waals surface area contributed by atoms with Crippen molar-refractivity contribution in [1.82, 2.24) is 29.9 Å². The molecule has 2 N–H and O–H groups in total. The summed E-state index contributed by atoms with van der Waals surface area (Å²) in [6.07, 6.45) is 5.71. The molecule has 180 valence electrons. The summed E-state index contributed by atoms with van der Waals surface area (Å²) in [7, 11) is 1.68. The van der Waals surface area contributed by atoms with E-state index >= 15 is 0 Å². The highest BCUT2D eigenvalue weighted by atomic mass is 16.5. The van der Waals surface area contributed by atoms with Crippen LogP contribution in [0.3, 0.4) is 0 Å². The predicted octanol–water partition coefficient (Wildman–Crippen LogP) is 5.93. The highest BCUT2D eigenvalue weighted by Crippen LogP contribution is 2.43. The summed E-state index contributed by atoms with van der Waals surface area (Å²) in [5.74, 6) is 3.46. The highest BCUT2D eigenvalue weighted by Gasteiger charge is 2.27. The summed E-state index contributed by atoms with van der Waals surface area (Å²) in [6.45, 7) is 8.70. The SMILES string of the molecule is CCn1cc(Nc2nc(C)nc3[nH]c4cc(-c5c(C)noc5C)c(OC)cc4c23)c(C2CCC2)n1. The van der Waals surface area contributed by atoms with Crippen LogP contribution in [-0.2, 0) is 6.54 Å². The molecule has 1 fully saturated rings. The van der Waals surface area contributed by atoms with Gasteiger partial charge in [-0.3, -0.25) is 4.68 Å². The van der Waals surface area contributed by atoms with Gasteiger partial charge in [0, 0.05) is 35.1 Å². The molecule has 9 heteroatoms. The van der Waals surface area contributed by atoms with Crippen LogP contribution in [0.5, 0.6) is 5.75 Å². The minimum absolute atomic E-state index is 0.504. The third kappa shape index (κ3) is 3.45. The van der Waals surface area contributed by atoms with E-state index in [-0.39, 0.29) is 0 Å². The Hall–Kier alpha value is -3.88. The number of aromatic nitrogens is 6. The number of hydrogen-bond donors (Lipinski definition) is 2. The van der Waals surface area contributed by atoms with E-state index in [2.05, 4.69) is 34.6 Å². The number of aryl methyl sites for hydroxylation is 4. The quantitative estimate of drug-likeness (QED) is 0.316. The smallest absolute Gasteiger partial charge is 0.144 e. The molecule has 1 aromatic carbocycles. The molecule has 1 aliphatic rings. The van der Waals surface area contributed by atoms with Crippen molar-refractivity contribution in [1.29, 1.82) is 0 Å². The fraction of sp³-hybridized carbons (Fsp3) is 0.385. The molecule has 4 aromatic heterocycles. The van der Waals surface area contributed by atoms with Gasteiger partial charge in [0.2, 0.25) is 0 Å². The largest absolute Gasteiger partial charge is 0.496 e. The molecule has 0 unspecified atom stereocenters. The molecule has 4 heterocycles. The maximum Gasteiger partial charge on any atom is 0.144 e. The molecule has 6 rings (SSSR count). The fourth-order valence-corrected chi connectivity index (χ4v) is 5.06. The Morgan fingerprint density at radius 1 is 1.20 bits per heavy atom. The van der Waals surface area contributed by atoms with Gasteiger partial charge in [0.05, 0.1) is 35.1 Å². The summed E-state index contributed by atoms with van der Waals surface area (Å²) in [4.78, 5) is 13.0. The molecular formula is C26H29N7O2. The van der Waals surface area contributed by atoms with Crippen LogP contribution in [0.1, 0.15) is 55.1 Å². The molecule has 0 amide bonds. The van der Waals surface area contributed by atoms with Gasteiger partial charge >= 0.3 is 0 Å². The zero-order chi connectivity index (χ0) is 24.3. The maximum absolute atomic E-state index is 5.82. The van der Waals surface area contributed by atoms with Crippen molar-refractivity contribution in [3.05, 3.63) is 41.3 Å². The summed E-state index contributed by atoms with van der Waals surface area (Å²) in [6, 6.07) is 4.12. The van der Waals surface area contributed by atoms with E-state index in [0.717, 1.165) is 74.0 Å². The zero-order valence-electron chi connectivity index (χ0n) is 20.7. The number of nitrogens with zero attached hydrogens (tertiary/aromatic N) is 5. The van der Waals surface area contributed by atoms with Crippen molar-refractivity contribution >= 4 is 33.4 Å². The average Bonchev–Trinajstić information content (AvgIpc) is 3.46. The zero-order valence-corrected chi connectivity index (χ0v) is 20.7. The molecular weight excluding hydrogens is 442 g/mol. The van der Waals surface area contributed by atoms with Gasteiger partial charge in [-0.05, 0) is 52.7 Å². The highest BCUT2D eigenvalue weighted by molar-refractivity contribution is 6.13. The molecule has 0 bridgehead atoms. The van der Waals surface area contributed by atoms with Crippen molar-refractivity contribution in [3.8, 4) is 16.9 Å². The van der Waals surface area contributed by atoms with Crippen LogP contribution in [0.4, 0.5) is 11.5 Å². The van der Waals surface area contributed by atoms with E-state index in [9.17, 15) is 0 Å². The van der Waals surface area contributed by atoms with Crippen LogP contribution < -0.4 is 10.1 Å². The molecule has 5 aromatic rings. The van der Waals surface area contributed by atoms with Crippen molar-refractivity contribution in [3.63, 3.8) is 0 Å². The Labute approximate surface area is 202 Å². The summed E-state index contributed by atoms with van der Waals surface area (Å²) in [5, 5.41) is 14.5. The van der Waals surface area contributed by atoms with Gasteiger partial charge in [-0.2, -0.15) is 5.10 Å². The first-order valence-electron chi connectivity index (χ1n) is 12.1. The first kappa shape index (κ1) is 21.6. The van der Waals surface area contributed by atoms with Crippen LogP contribution in [0.15, 0.2) is 22.9 Å². The molecule has 9 nitrogen and oxygen atoms in total. The summed E-state index contributed by atoms with van der Waals surface area (Å²) < 4.78 is 13.2.